The van der Waals surface area contributed by atoms with E-state index in [4.69, 9.17) is 4.42 Å². The Kier molecular flexibility index (Phi) is 3.27. The van der Waals surface area contributed by atoms with Gasteiger partial charge in [-0.1, -0.05) is 0 Å². The van der Waals surface area contributed by atoms with Crippen LogP contribution in [-0.2, 0) is 0 Å². The zero-order valence-corrected chi connectivity index (χ0v) is 10.2. The quantitative estimate of drug-likeness (QED) is 0.848. The number of nitrogens with one attached hydrogen (secondary N) is 2. The Morgan fingerprint density at radius 2 is 2.06 bits per heavy atom. The average molecular weight is 232 g/mol. The molecule has 0 spiro atoms. The first-order valence-corrected chi connectivity index (χ1v) is 5.51. The third-order valence-corrected chi connectivity index (χ3v) is 2.64. The van der Waals surface area contributed by atoms with Gasteiger partial charge >= 0.3 is 0 Å². The molecule has 17 heavy (non-hydrogen) atoms. The molecule has 1 unspecified atom stereocenters. The highest BCUT2D eigenvalue weighted by Gasteiger charge is 2.11. The smallest absolute Gasteiger partial charge is 0.135 e. The second kappa shape index (κ2) is 4.86. The van der Waals surface area contributed by atoms with Gasteiger partial charge in [0.1, 0.15) is 23.7 Å². The van der Waals surface area contributed by atoms with Crippen molar-refractivity contribution < 1.29 is 4.42 Å². The van der Waals surface area contributed by atoms with Gasteiger partial charge in [-0.3, -0.25) is 0 Å². The summed E-state index contributed by atoms with van der Waals surface area (Å²) in [4.78, 5) is 8.37. The minimum atomic E-state index is 0.0725. The van der Waals surface area contributed by atoms with Crippen LogP contribution in [0.25, 0.3) is 0 Å². The molecule has 0 aromatic carbocycles. The number of rotatable bonds is 4. The van der Waals surface area contributed by atoms with Crippen LogP contribution in [0.2, 0.25) is 0 Å². The van der Waals surface area contributed by atoms with Crippen molar-refractivity contribution in [3.63, 3.8) is 0 Å². The highest BCUT2D eigenvalue weighted by atomic mass is 16.3. The third-order valence-electron chi connectivity index (χ3n) is 2.64. The maximum Gasteiger partial charge on any atom is 0.135 e. The van der Waals surface area contributed by atoms with Crippen molar-refractivity contribution >= 4 is 11.6 Å². The Morgan fingerprint density at radius 3 is 2.71 bits per heavy atom. The second-order valence-electron chi connectivity index (χ2n) is 3.83. The molecule has 0 aliphatic rings. The lowest BCUT2D eigenvalue weighted by Gasteiger charge is -2.15. The number of furan rings is 1. The van der Waals surface area contributed by atoms with E-state index in [-0.39, 0.29) is 6.04 Å². The summed E-state index contributed by atoms with van der Waals surface area (Å²) in [5, 5.41) is 6.33. The summed E-state index contributed by atoms with van der Waals surface area (Å²) >= 11 is 0. The Labute approximate surface area is 100 Å². The molecule has 0 aliphatic heterocycles. The molecule has 0 fully saturated rings. The van der Waals surface area contributed by atoms with Gasteiger partial charge in [-0.2, -0.15) is 0 Å². The molecule has 1 atom stereocenters. The predicted octanol–water partition coefficient (Wildman–Crippen LogP) is 2.59. The normalized spacial score (nSPS) is 12.2. The number of anilines is 2. The molecule has 2 rings (SSSR count). The monoisotopic (exact) mass is 232 g/mol. The fraction of sp³-hybridized carbons (Fsp3) is 0.333. The molecule has 5 heteroatoms. The molecule has 2 heterocycles. The van der Waals surface area contributed by atoms with Crippen molar-refractivity contribution in [1.29, 1.82) is 0 Å². The van der Waals surface area contributed by atoms with Crippen molar-refractivity contribution in [3.8, 4) is 0 Å². The minimum Gasteiger partial charge on any atom is -0.467 e. The lowest BCUT2D eigenvalue weighted by atomic mass is 10.2. The van der Waals surface area contributed by atoms with E-state index < -0.39 is 0 Å². The Hall–Kier alpha value is -2.04. The molecule has 0 aliphatic carbocycles. The van der Waals surface area contributed by atoms with Crippen molar-refractivity contribution in [3.05, 3.63) is 36.0 Å². The van der Waals surface area contributed by atoms with Crippen LogP contribution in [0, 0.1) is 6.92 Å². The third kappa shape index (κ3) is 2.38. The van der Waals surface area contributed by atoms with E-state index in [1.807, 2.05) is 33.0 Å². The summed E-state index contributed by atoms with van der Waals surface area (Å²) in [6.45, 7) is 4.00. The van der Waals surface area contributed by atoms with Gasteiger partial charge < -0.3 is 15.1 Å². The zero-order chi connectivity index (χ0) is 12.3. The standard InChI is InChI=1S/C12H16N4O/c1-8-11(13-3)14-7-15-12(8)16-9(2)10-5-4-6-17-10/h4-7,9H,1-3H3,(H2,13,14,15,16). The molecule has 90 valence electrons. The van der Waals surface area contributed by atoms with E-state index in [0.29, 0.717) is 0 Å². The van der Waals surface area contributed by atoms with Crippen molar-refractivity contribution in [2.45, 2.75) is 19.9 Å². The number of aromatic nitrogens is 2. The minimum absolute atomic E-state index is 0.0725. The molecule has 0 saturated carbocycles. The molecule has 0 radical (unpaired) electrons. The van der Waals surface area contributed by atoms with Gasteiger partial charge in [-0.15, -0.1) is 0 Å². The molecule has 0 bridgehead atoms. The summed E-state index contributed by atoms with van der Waals surface area (Å²) in [6, 6.07) is 3.88. The van der Waals surface area contributed by atoms with Crippen LogP contribution in [0.3, 0.4) is 0 Å². The van der Waals surface area contributed by atoms with E-state index in [1.54, 1.807) is 6.26 Å². The van der Waals surface area contributed by atoms with Crippen molar-refractivity contribution in [2.24, 2.45) is 0 Å². The molecule has 2 aromatic heterocycles. The molecule has 2 N–H and O–H groups in total. The van der Waals surface area contributed by atoms with Gasteiger partial charge in [0.15, 0.2) is 0 Å². The van der Waals surface area contributed by atoms with Crippen molar-refractivity contribution in [2.75, 3.05) is 17.7 Å². The Morgan fingerprint density at radius 1 is 1.29 bits per heavy atom. The molecule has 5 nitrogen and oxygen atoms in total. The molecule has 0 amide bonds. The van der Waals surface area contributed by atoms with Crippen LogP contribution in [0.1, 0.15) is 24.3 Å². The molecule has 2 aromatic rings. The SMILES string of the molecule is CNc1ncnc(NC(C)c2ccco2)c1C. The van der Waals surface area contributed by atoms with E-state index in [2.05, 4.69) is 20.6 Å². The summed E-state index contributed by atoms with van der Waals surface area (Å²) in [6.07, 6.45) is 3.20. The fourth-order valence-corrected chi connectivity index (χ4v) is 1.66. The highest BCUT2D eigenvalue weighted by Crippen LogP contribution is 2.23. The van der Waals surface area contributed by atoms with E-state index >= 15 is 0 Å². The van der Waals surface area contributed by atoms with Crippen LogP contribution >= 0.6 is 0 Å². The molecular weight excluding hydrogens is 216 g/mol. The van der Waals surface area contributed by atoms with Crippen molar-refractivity contribution in [1.82, 2.24) is 9.97 Å². The predicted molar refractivity (Wildman–Crippen MR) is 67.1 cm³/mol. The fourth-order valence-electron chi connectivity index (χ4n) is 1.66. The van der Waals surface area contributed by atoms with Crippen LogP contribution in [0.4, 0.5) is 11.6 Å². The Balaban J connectivity index is 2.19. The first kappa shape index (κ1) is 11.4. The van der Waals surface area contributed by atoms with Crippen LogP contribution < -0.4 is 10.6 Å². The van der Waals surface area contributed by atoms with Crippen LogP contribution in [0.5, 0.6) is 0 Å². The van der Waals surface area contributed by atoms with E-state index in [0.717, 1.165) is 23.0 Å². The average Bonchev–Trinajstić information content (AvgIpc) is 2.85. The van der Waals surface area contributed by atoms with Gasteiger partial charge in [0.25, 0.3) is 0 Å². The molecular formula is C12H16N4O. The van der Waals surface area contributed by atoms with Gasteiger partial charge in [-0.05, 0) is 26.0 Å². The summed E-state index contributed by atoms with van der Waals surface area (Å²) in [5.74, 6) is 2.52. The largest absolute Gasteiger partial charge is 0.467 e. The van der Waals surface area contributed by atoms with Gasteiger partial charge in [0, 0.05) is 12.6 Å². The van der Waals surface area contributed by atoms with E-state index in [1.165, 1.54) is 6.33 Å². The molecule has 0 saturated heterocycles. The second-order valence-corrected chi connectivity index (χ2v) is 3.83. The van der Waals surface area contributed by atoms with Gasteiger partial charge in [0.2, 0.25) is 0 Å². The van der Waals surface area contributed by atoms with Gasteiger partial charge in [-0.25, -0.2) is 9.97 Å². The number of hydrogen-bond donors (Lipinski definition) is 2. The summed E-state index contributed by atoms with van der Waals surface area (Å²) in [7, 11) is 1.84. The zero-order valence-electron chi connectivity index (χ0n) is 10.2. The lowest BCUT2D eigenvalue weighted by molar-refractivity contribution is 0.490. The maximum absolute atomic E-state index is 5.34. The van der Waals surface area contributed by atoms with Crippen LogP contribution in [0.15, 0.2) is 29.1 Å². The van der Waals surface area contributed by atoms with E-state index in [9.17, 15) is 0 Å². The Bertz CT molecular complexity index is 481. The number of hydrogen-bond acceptors (Lipinski definition) is 5. The highest BCUT2D eigenvalue weighted by molar-refractivity contribution is 5.56. The summed E-state index contributed by atoms with van der Waals surface area (Å²) in [5.41, 5.74) is 0.994. The lowest BCUT2D eigenvalue weighted by Crippen LogP contribution is -2.10. The van der Waals surface area contributed by atoms with Crippen LogP contribution in [-0.4, -0.2) is 17.0 Å². The topological polar surface area (TPSA) is 63.0 Å². The number of nitrogens with zero attached hydrogens (tertiary/aromatic N) is 2. The first-order chi connectivity index (χ1) is 8.22. The summed E-state index contributed by atoms with van der Waals surface area (Å²) < 4.78 is 5.34. The maximum atomic E-state index is 5.34. The first-order valence-electron chi connectivity index (χ1n) is 5.51. The van der Waals surface area contributed by atoms with Gasteiger partial charge in [0.05, 0.1) is 12.3 Å².